The molecule has 184 valence electrons. The maximum atomic E-state index is 11.0. The minimum absolute atomic E-state index is 0.00972. The molecule has 0 heterocycles. The smallest absolute Gasteiger partial charge is 0.330 e. The molecule has 34 heavy (non-hydrogen) atoms. The van der Waals surface area contributed by atoms with E-state index in [0.717, 1.165) is 17.2 Å². The topological polar surface area (TPSA) is 112 Å². The monoisotopic (exact) mass is 472 g/mol. The minimum atomic E-state index is -0.941. The van der Waals surface area contributed by atoms with E-state index in [1.807, 2.05) is 48.5 Å². The fraction of sp³-hybridized carbons (Fsp3) is 0.385. The Labute approximate surface area is 199 Å². The summed E-state index contributed by atoms with van der Waals surface area (Å²) < 4.78 is 20.7. The lowest BCUT2D eigenvalue weighted by Crippen LogP contribution is -2.25. The number of aliphatic hydroxyl groups is 2. The molecule has 0 aromatic heterocycles. The highest BCUT2D eigenvalue weighted by molar-refractivity contribution is 5.81. The fourth-order valence-corrected chi connectivity index (χ4v) is 3.03. The lowest BCUT2D eigenvalue weighted by molar-refractivity contribution is -0.144. The maximum absolute atomic E-state index is 11.0. The summed E-state index contributed by atoms with van der Waals surface area (Å²) in [6.45, 7) is 8.50. The van der Waals surface area contributed by atoms with Crippen molar-refractivity contribution < 1.29 is 38.7 Å². The van der Waals surface area contributed by atoms with Crippen LogP contribution in [0.4, 0.5) is 0 Å². The third-order valence-electron chi connectivity index (χ3n) is 5.10. The molecule has 0 saturated carbocycles. The molecule has 0 bridgehead atoms. The number of ether oxygens (including phenoxy) is 4. The molecule has 0 amide bonds. The van der Waals surface area contributed by atoms with Crippen LogP contribution >= 0.6 is 0 Å². The van der Waals surface area contributed by atoms with Crippen molar-refractivity contribution in [1.29, 1.82) is 0 Å². The zero-order valence-electron chi connectivity index (χ0n) is 19.7. The van der Waals surface area contributed by atoms with Crippen molar-refractivity contribution in [3.05, 3.63) is 72.3 Å². The van der Waals surface area contributed by atoms with Crippen molar-refractivity contribution >= 4 is 11.9 Å². The zero-order valence-corrected chi connectivity index (χ0v) is 19.7. The maximum Gasteiger partial charge on any atom is 0.330 e. The molecule has 2 rings (SSSR count). The first-order valence-corrected chi connectivity index (χ1v) is 10.9. The van der Waals surface area contributed by atoms with Gasteiger partial charge < -0.3 is 29.2 Å². The second kappa shape index (κ2) is 12.8. The van der Waals surface area contributed by atoms with E-state index in [1.165, 1.54) is 6.92 Å². The Morgan fingerprint density at radius 1 is 0.824 bits per heavy atom. The molecular formula is C26H32O8. The fourth-order valence-electron chi connectivity index (χ4n) is 3.03. The molecule has 0 fully saturated rings. The van der Waals surface area contributed by atoms with Crippen molar-refractivity contribution in [2.45, 2.75) is 38.4 Å². The van der Waals surface area contributed by atoms with E-state index < -0.39 is 24.1 Å². The van der Waals surface area contributed by atoms with Gasteiger partial charge in [0.1, 0.15) is 50.1 Å². The van der Waals surface area contributed by atoms with Gasteiger partial charge in [0.25, 0.3) is 0 Å². The number of hydrogen-bond acceptors (Lipinski definition) is 8. The number of aliphatic hydroxyl groups excluding tert-OH is 2. The van der Waals surface area contributed by atoms with Crippen LogP contribution in [0.3, 0.4) is 0 Å². The quantitative estimate of drug-likeness (QED) is 0.338. The third kappa shape index (κ3) is 8.53. The van der Waals surface area contributed by atoms with Crippen molar-refractivity contribution in [2.75, 3.05) is 26.4 Å². The summed E-state index contributed by atoms with van der Waals surface area (Å²) >= 11 is 0. The summed E-state index contributed by atoms with van der Waals surface area (Å²) in [7, 11) is 0. The van der Waals surface area contributed by atoms with Gasteiger partial charge in [-0.2, -0.15) is 0 Å². The number of rotatable bonds is 13. The predicted molar refractivity (Wildman–Crippen MR) is 126 cm³/mol. The molecule has 2 atom stereocenters. The average molecular weight is 473 g/mol. The highest BCUT2D eigenvalue weighted by atomic mass is 16.6. The number of esters is 2. The van der Waals surface area contributed by atoms with Crippen LogP contribution in [0.2, 0.25) is 0 Å². The molecule has 0 radical (unpaired) electrons. The number of carbonyl (C=O) groups is 2. The van der Waals surface area contributed by atoms with Crippen LogP contribution in [0.1, 0.15) is 31.9 Å². The molecule has 2 aromatic rings. The molecule has 0 saturated heterocycles. The van der Waals surface area contributed by atoms with Crippen LogP contribution in [0, 0.1) is 0 Å². The Morgan fingerprint density at radius 2 is 1.24 bits per heavy atom. The summed E-state index contributed by atoms with van der Waals surface area (Å²) in [6, 6.07) is 15.1. The second-order valence-corrected chi connectivity index (χ2v) is 8.24. The summed E-state index contributed by atoms with van der Waals surface area (Å²) in [5.41, 5.74) is 1.82. The highest BCUT2D eigenvalue weighted by Crippen LogP contribution is 2.33. The molecular weight excluding hydrogens is 440 g/mol. The van der Waals surface area contributed by atoms with Gasteiger partial charge in [-0.3, -0.25) is 4.79 Å². The van der Waals surface area contributed by atoms with Gasteiger partial charge in [0.2, 0.25) is 0 Å². The molecule has 8 heteroatoms. The molecule has 2 unspecified atom stereocenters. The normalized spacial score (nSPS) is 12.9. The Hall–Kier alpha value is -3.36. The van der Waals surface area contributed by atoms with E-state index in [2.05, 4.69) is 20.4 Å². The molecule has 2 aromatic carbocycles. The zero-order chi connectivity index (χ0) is 25.1. The summed E-state index contributed by atoms with van der Waals surface area (Å²) in [5, 5.41) is 19.6. The average Bonchev–Trinajstić information content (AvgIpc) is 2.83. The van der Waals surface area contributed by atoms with E-state index in [0.29, 0.717) is 11.5 Å². The minimum Gasteiger partial charge on any atom is -0.491 e. The van der Waals surface area contributed by atoms with Gasteiger partial charge in [-0.25, -0.2) is 4.79 Å². The van der Waals surface area contributed by atoms with E-state index in [9.17, 15) is 19.8 Å². The van der Waals surface area contributed by atoms with E-state index in [1.54, 1.807) is 0 Å². The lowest BCUT2D eigenvalue weighted by Gasteiger charge is -2.26. The molecule has 0 spiro atoms. The molecule has 0 aliphatic rings. The Bertz CT molecular complexity index is 934. The van der Waals surface area contributed by atoms with Crippen molar-refractivity contribution in [1.82, 2.24) is 0 Å². The van der Waals surface area contributed by atoms with E-state index in [4.69, 9.17) is 18.9 Å². The van der Waals surface area contributed by atoms with Gasteiger partial charge in [0, 0.05) is 18.4 Å². The molecule has 2 N–H and O–H groups in total. The van der Waals surface area contributed by atoms with Gasteiger partial charge in [0.05, 0.1) is 0 Å². The van der Waals surface area contributed by atoms with Crippen LogP contribution in [0.25, 0.3) is 0 Å². The van der Waals surface area contributed by atoms with Gasteiger partial charge in [-0.05, 0) is 35.4 Å². The summed E-state index contributed by atoms with van der Waals surface area (Å²) in [6.07, 6.45) is -0.805. The van der Waals surface area contributed by atoms with E-state index in [-0.39, 0.29) is 31.8 Å². The number of benzene rings is 2. The SMILES string of the molecule is C=CC(=O)OCC(O)COc1ccc(C(C)(C)c2ccc(OCC(O)COC(C)=O)cc2)cc1. The Balaban J connectivity index is 1.90. The van der Waals surface area contributed by atoms with Gasteiger partial charge >= 0.3 is 11.9 Å². The second-order valence-electron chi connectivity index (χ2n) is 8.24. The Kier molecular flexibility index (Phi) is 10.1. The van der Waals surface area contributed by atoms with Crippen LogP contribution < -0.4 is 9.47 Å². The van der Waals surface area contributed by atoms with E-state index >= 15 is 0 Å². The first-order valence-electron chi connectivity index (χ1n) is 10.9. The number of carbonyl (C=O) groups excluding carboxylic acids is 2. The summed E-state index contributed by atoms with van der Waals surface area (Å²) in [4.78, 5) is 21.8. The predicted octanol–water partition coefficient (Wildman–Crippen LogP) is 2.78. The molecule has 0 aliphatic carbocycles. The number of hydrogen-bond donors (Lipinski definition) is 2. The van der Waals surface area contributed by atoms with Crippen LogP contribution in [-0.2, 0) is 24.5 Å². The van der Waals surface area contributed by atoms with Crippen molar-refractivity contribution in [3.63, 3.8) is 0 Å². The first-order chi connectivity index (χ1) is 16.1. The summed E-state index contributed by atoms with van der Waals surface area (Å²) in [5.74, 6) is 0.142. The molecule has 8 nitrogen and oxygen atoms in total. The van der Waals surface area contributed by atoms with Crippen LogP contribution in [0.15, 0.2) is 61.2 Å². The van der Waals surface area contributed by atoms with Crippen LogP contribution in [0.5, 0.6) is 11.5 Å². The van der Waals surface area contributed by atoms with Gasteiger partial charge in [0.15, 0.2) is 0 Å². The molecule has 0 aliphatic heterocycles. The lowest BCUT2D eigenvalue weighted by atomic mass is 9.78. The van der Waals surface area contributed by atoms with Crippen molar-refractivity contribution in [3.8, 4) is 11.5 Å². The van der Waals surface area contributed by atoms with Gasteiger partial charge in [-0.1, -0.05) is 44.7 Å². The Morgan fingerprint density at radius 3 is 1.62 bits per heavy atom. The van der Waals surface area contributed by atoms with Crippen LogP contribution in [-0.4, -0.2) is 60.8 Å². The highest BCUT2D eigenvalue weighted by Gasteiger charge is 2.23. The largest absolute Gasteiger partial charge is 0.491 e. The van der Waals surface area contributed by atoms with Gasteiger partial charge in [-0.15, -0.1) is 0 Å². The first kappa shape index (κ1) is 26.9. The van der Waals surface area contributed by atoms with Crippen molar-refractivity contribution in [2.24, 2.45) is 0 Å². The standard InChI is InChI=1S/C26H32O8/c1-5-25(30)34-17-22(29)16-33-24-12-8-20(9-13-24)26(3,4)19-6-10-23(11-7-19)32-15-21(28)14-31-18(2)27/h5-13,21-22,28-29H,1,14-17H2,2-4H3. The third-order valence-corrected chi connectivity index (χ3v) is 5.10.